The predicted octanol–water partition coefficient (Wildman–Crippen LogP) is 3.90. The first-order valence-corrected chi connectivity index (χ1v) is 8.94. The third-order valence-electron chi connectivity index (χ3n) is 4.60. The zero-order valence-corrected chi connectivity index (χ0v) is 15.5. The molecule has 2 aromatic rings. The molecule has 136 valence electrons. The number of para-hydroxylation sites is 1. The summed E-state index contributed by atoms with van der Waals surface area (Å²) in [7, 11) is 1.54. The van der Waals surface area contributed by atoms with E-state index in [1.54, 1.807) is 23.1 Å². The average molecular weight is 373 g/mol. The number of carbonyl (C=O) groups excluding carboxylic acids is 2. The second kappa shape index (κ2) is 7.79. The third kappa shape index (κ3) is 3.68. The van der Waals surface area contributed by atoms with Crippen molar-refractivity contribution < 1.29 is 14.3 Å². The number of carbonyl (C=O) groups is 2. The Morgan fingerprint density at radius 3 is 2.77 bits per heavy atom. The Labute approximate surface area is 157 Å². The van der Waals surface area contributed by atoms with E-state index in [-0.39, 0.29) is 18.2 Å². The van der Waals surface area contributed by atoms with Crippen LogP contribution in [0.1, 0.15) is 18.9 Å². The number of amides is 2. The number of benzene rings is 2. The van der Waals surface area contributed by atoms with Gasteiger partial charge in [-0.3, -0.25) is 9.59 Å². The molecule has 1 N–H and O–H groups in total. The Kier molecular flexibility index (Phi) is 5.47. The normalized spacial score (nSPS) is 16.7. The van der Waals surface area contributed by atoms with Gasteiger partial charge in [0, 0.05) is 24.3 Å². The number of hydrogen-bond donors (Lipinski definition) is 1. The van der Waals surface area contributed by atoms with Crippen molar-refractivity contribution in [2.45, 2.75) is 19.8 Å². The van der Waals surface area contributed by atoms with Gasteiger partial charge in [0.2, 0.25) is 11.8 Å². The quantitative estimate of drug-likeness (QED) is 0.865. The lowest BCUT2D eigenvalue weighted by molar-refractivity contribution is -0.122. The van der Waals surface area contributed by atoms with Crippen molar-refractivity contribution in [3.05, 3.63) is 53.1 Å². The molecule has 1 unspecified atom stereocenters. The molecule has 0 radical (unpaired) electrons. The maximum absolute atomic E-state index is 12.6. The number of hydrogen-bond acceptors (Lipinski definition) is 3. The first-order chi connectivity index (χ1) is 12.5. The molecule has 2 aromatic carbocycles. The minimum atomic E-state index is -0.395. The highest BCUT2D eigenvalue weighted by atomic mass is 35.5. The standard InChI is InChI=1S/C20H21ClN2O3/c1-3-13-6-4-5-7-17(13)22-20(25)14-10-19(24)23(12-14)15-8-9-18(26-2)16(21)11-15/h4-9,11,14H,3,10,12H2,1-2H3,(H,22,25). The highest BCUT2D eigenvalue weighted by Crippen LogP contribution is 2.32. The SMILES string of the molecule is CCc1ccccc1NC(=O)C1CC(=O)N(c2ccc(OC)c(Cl)c2)C1. The second-order valence-corrected chi connectivity index (χ2v) is 6.63. The van der Waals surface area contributed by atoms with E-state index in [1.165, 1.54) is 7.11 Å². The molecular weight excluding hydrogens is 352 g/mol. The van der Waals surface area contributed by atoms with Crippen LogP contribution < -0.4 is 15.0 Å². The van der Waals surface area contributed by atoms with Gasteiger partial charge in [0.15, 0.2) is 0 Å². The molecule has 3 rings (SSSR count). The number of nitrogens with one attached hydrogen (secondary N) is 1. The molecule has 5 nitrogen and oxygen atoms in total. The van der Waals surface area contributed by atoms with Crippen molar-refractivity contribution in [3.8, 4) is 5.75 Å². The maximum atomic E-state index is 12.6. The lowest BCUT2D eigenvalue weighted by Crippen LogP contribution is -2.28. The topological polar surface area (TPSA) is 58.6 Å². The van der Waals surface area contributed by atoms with Crippen molar-refractivity contribution in [2.24, 2.45) is 5.92 Å². The monoisotopic (exact) mass is 372 g/mol. The van der Waals surface area contributed by atoms with Crippen LogP contribution in [0.15, 0.2) is 42.5 Å². The summed E-state index contributed by atoms with van der Waals surface area (Å²) in [6, 6.07) is 12.9. The lowest BCUT2D eigenvalue weighted by atomic mass is 10.1. The molecular formula is C20H21ClN2O3. The van der Waals surface area contributed by atoms with E-state index in [0.29, 0.717) is 23.0 Å². The van der Waals surface area contributed by atoms with Crippen LogP contribution in [0.25, 0.3) is 0 Å². The Morgan fingerprint density at radius 2 is 2.08 bits per heavy atom. The summed E-state index contributed by atoms with van der Waals surface area (Å²) in [4.78, 5) is 26.6. The third-order valence-corrected chi connectivity index (χ3v) is 4.89. The van der Waals surface area contributed by atoms with Gasteiger partial charge in [-0.15, -0.1) is 0 Å². The van der Waals surface area contributed by atoms with Crippen LogP contribution in [0.5, 0.6) is 5.75 Å². The molecule has 1 atom stereocenters. The van der Waals surface area contributed by atoms with E-state index >= 15 is 0 Å². The van der Waals surface area contributed by atoms with Crippen LogP contribution in [0.4, 0.5) is 11.4 Å². The number of methoxy groups -OCH3 is 1. The molecule has 0 saturated carbocycles. The van der Waals surface area contributed by atoms with Crippen LogP contribution >= 0.6 is 11.6 Å². The second-order valence-electron chi connectivity index (χ2n) is 6.22. The van der Waals surface area contributed by atoms with Gasteiger partial charge in [0.05, 0.1) is 18.1 Å². The van der Waals surface area contributed by atoms with Crippen molar-refractivity contribution in [1.29, 1.82) is 0 Å². The molecule has 6 heteroatoms. The minimum absolute atomic E-state index is 0.0878. The van der Waals surface area contributed by atoms with Crippen molar-refractivity contribution in [1.82, 2.24) is 0 Å². The summed E-state index contributed by atoms with van der Waals surface area (Å²) in [5, 5.41) is 3.39. The van der Waals surface area contributed by atoms with Gasteiger partial charge in [-0.05, 0) is 36.2 Å². The molecule has 1 aliphatic rings. The molecule has 0 aliphatic carbocycles. The molecule has 2 amide bonds. The van der Waals surface area contributed by atoms with Crippen LogP contribution in [0, 0.1) is 5.92 Å². The van der Waals surface area contributed by atoms with Crippen molar-refractivity contribution in [3.63, 3.8) is 0 Å². The average Bonchev–Trinajstić information content (AvgIpc) is 3.04. The smallest absolute Gasteiger partial charge is 0.229 e. The first kappa shape index (κ1) is 18.3. The number of ether oxygens (including phenoxy) is 1. The van der Waals surface area contributed by atoms with E-state index in [4.69, 9.17) is 16.3 Å². The fourth-order valence-corrected chi connectivity index (χ4v) is 3.39. The Balaban J connectivity index is 1.73. The first-order valence-electron chi connectivity index (χ1n) is 8.56. The van der Waals surface area contributed by atoms with Gasteiger partial charge in [-0.2, -0.15) is 0 Å². The fraction of sp³-hybridized carbons (Fsp3) is 0.300. The molecule has 1 heterocycles. The van der Waals surface area contributed by atoms with Gasteiger partial charge < -0.3 is 15.0 Å². The molecule has 0 spiro atoms. The van der Waals surface area contributed by atoms with Gasteiger partial charge in [-0.1, -0.05) is 36.7 Å². The van der Waals surface area contributed by atoms with Gasteiger partial charge >= 0.3 is 0 Å². The molecule has 26 heavy (non-hydrogen) atoms. The number of aryl methyl sites for hydroxylation is 1. The Morgan fingerprint density at radius 1 is 1.31 bits per heavy atom. The van der Waals surface area contributed by atoms with Crippen LogP contribution in [-0.4, -0.2) is 25.5 Å². The van der Waals surface area contributed by atoms with E-state index in [1.807, 2.05) is 31.2 Å². The largest absolute Gasteiger partial charge is 0.495 e. The maximum Gasteiger partial charge on any atom is 0.229 e. The number of anilines is 2. The van der Waals surface area contributed by atoms with E-state index in [9.17, 15) is 9.59 Å². The summed E-state index contributed by atoms with van der Waals surface area (Å²) in [5.41, 5.74) is 2.55. The van der Waals surface area contributed by atoms with Gasteiger partial charge in [-0.25, -0.2) is 0 Å². The lowest BCUT2D eigenvalue weighted by Gasteiger charge is -2.18. The number of rotatable bonds is 5. The molecule has 0 bridgehead atoms. The minimum Gasteiger partial charge on any atom is -0.495 e. The Bertz CT molecular complexity index is 838. The summed E-state index contributed by atoms with van der Waals surface area (Å²) in [5.74, 6) is -0.0719. The zero-order chi connectivity index (χ0) is 18.7. The van der Waals surface area contributed by atoms with Crippen LogP contribution in [0.3, 0.4) is 0 Å². The summed E-state index contributed by atoms with van der Waals surface area (Å²) < 4.78 is 5.14. The summed E-state index contributed by atoms with van der Waals surface area (Å²) in [6.07, 6.45) is 1.01. The fourth-order valence-electron chi connectivity index (χ4n) is 3.14. The highest BCUT2D eigenvalue weighted by Gasteiger charge is 2.35. The van der Waals surface area contributed by atoms with Crippen molar-refractivity contribution >= 4 is 34.8 Å². The van der Waals surface area contributed by atoms with Gasteiger partial charge in [0.25, 0.3) is 0 Å². The Hall–Kier alpha value is -2.53. The molecule has 1 fully saturated rings. The molecule has 1 aliphatic heterocycles. The van der Waals surface area contributed by atoms with E-state index in [0.717, 1.165) is 17.7 Å². The van der Waals surface area contributed by atoms with Crippen LogP contribution in [-0.2, 0) is 16.0 Å². The predicted molar refractivity (Wildman–Crippen MR) is 103 cm³/mol. The van der Waals surface area contributed by atoms with Crippen molar-refractivity contribution in [2.75, 3.05) is 23.9 Å². The number of halogens is 1. The summed E-state index contributed by atoms with van der Waals surface area (Å²) in [6.45, 7) is 2.38. The summed E-state index contributed by atoms with van der Waals surface area (Å²) >= 11 is 6.15. The van der Waals surface area contributed by atoms with E-state index in [2.05, 4.69) is 5.32 Å². The highest BCUT2D eigenvalue weighted by molar-refractivity contribution is 6.32. The van der Waals surface area contributed by atoms with E-state index < -0.39 is 5.92 Å². The number of nitrogens with zero attached hydrogens (tertiary/aromatic N) is 1. The van der Waals surface area contributed by atoms with Gasteiger partial charge in [0.1, 0.15) is 5.75 Å². The molecule has 0 aromatic heterocycles. The van der Waals surface area contributed by atoms with Crippen LogP contribution in [0.2, 0.25) is 5.02 Å². The zero-order valence-electron chi connectivity index (χ0n) is 14.8. The molecule has 1 saturated heterocycles.